The van der Waals surface area contributed by atoms with E-state index in [4.69, 9.17) is 11.6 Å². The maximum absolute atomic E-state index is 9.18. The Morgan fingerprint density at radius 1 is 1.22 bits per heavy atom. The number of aromatic nitrogens is 1. The fraction of sp³-hybridized carbons (Fsp3) is 0.200. The van der Waals surface area contributed by atoms with Crippen LogP contribution in [0.2, 0.25) is 5.02 Å². The molecule has 3 heteroatoms. The molecule has 90 valence electrons. The first-order valence-electron chi connectivity index (χ1n) is 5.78. The van der Waals surface area contributed by atoms with Crippen LogP contribution in [-0.4, -0.2) is 4.98 Å². The zero-order chi connectivity index (χ0) is 13.1. The molecule has 0 saturated carbocycles. The van der Waals surface area contributed by atoms with Gasteiger partial charge in [0.15, 0.2) is 0 Å². The molecule has 0 aliphatic heterocycles. The van der Waals surface area contributed by atoms with Crippen LogP contribution in [0.1, 0.15) is 31.0 Å². The molecule has 0 unspecified atom stereocenters. The van der Waals surface area contributed by atoms with Crippen molar-refractivity contribution in [2.24, 2.45) is 0 Å². The summed E-state index contributed by atoms with van der Waals surface area (Å²) in [6.45, 7) is 4.06. The second kappa shape index (κ2) is 5.20. The van der Waals surface area contributed by atoms with Crippen molar-refractivity contribution in [3.05, 3.63) is 52.8 Å². The molecule has 2 rings (SSSR count). The lowest BCUT2D eigenvalue weighted by Gasteiger charge is -2.09. The normalized spacial score (nSPS) is 10.4. The van der Waals surface area contributed by atoms with Gasteiger partial charge in [0.25, 0.3) is 0 Å². The summed E-state index contributed by atoms with van der Waals surface area (Å²) in [5.41, 5.74) is 3.35. The molecule has 0 aliphatic rings. The zero-order valence-electron chi connectivity index (χ0n) is 10.3. The van der Waals surface area contributed by atoms with Gasteiger partial charge in [-0.2, -0.15) is 5.26 Å². The highest BCUT2D eigenvalue weighted by molar-refractivity contribution is 6.30. The van der Waals surface area contributed by atoms with Gasteiger partial charge in [0, 0.05) is 16.8 Å². The van der Waals surface area contributed by atoms with Crippen LogP contribution in [0.3, 0.4) is 0 Å². The van der Waals surface area contributed by atoms with Gasteiger partial charge in [-0.3, -0.25) is 4.98 Å². The first-order valence-corrected chi connectivity index (χ1v) is 6.15. The lowest BCUT2D eigenvalue weighted by Crippen LogP contribution is -1.97. The summed E-state index contributed by atoms with van der Waals surface area (Å²) < 4.78 is 0. The Hall–Kier alpha value is -1.85. The van der Waals surface area contributed by atoms with Crippen molar-refractivity contribution in [3.63, 3.8) is 0 Å². The summed E-state index contributed by atoms with van der Waals surface area (Å²) in [6, 6.07) is 11.6. The smallest absolute Gasteiger partial charge is 0.101 e. The maximum atomic E-state index is 9.18. The molecule has 18 heavy (non-hydrogen) atoms. The van der Waals surface area contributed by atoms with E-state index in [1.165, 1.54) is 0 Å². The van der Waals surface area contributed by atoms with E-state index >= 15 is 0 Å². The number of nitrogens with zero attached hydrogens (tertiary/aromatic N) is 2. The van der Waals surface area contributed by atoms with E-state index in [0.29, 0.717) is 10.6 Å². The number of hydrogen-bond acceptors (Lipinski definition) is 2. The maximum Gasteiger partial charge on any atom is 0.101 e. The third kappa shape index (κ3) is 2.52. The van der Waals surface area contributed by atoms with Gasteiger partial charge in [-0.1, -0.05) is 37.6 Å². The molecule has 0 spiro atoms. The van der Waals surface area contributed by atoms with Gasteiger partial charge in [0.2, 0.25) is 0 Å². The van der Waals surface area contributed by atoms with Crippen molar-refractivity contribution in [1.82, 2.24) is 4.98 Å². The lowest BCUT2D eigenvalue weighted by molar-refractivity contribution is 0.819. The molecule has 0 saturated heterocycles. The number of halogens is 1. The highest BCUT2D eigenvalue weighted by Crippen LogP contribution is 2.25. The Labute approximate surface area is 112 Å². The Balaban J connectivity index is 2.52. The molecular weight excluding hydrogens is 244 g/mol. The van der Waals surface area contributed by atoms with E-state index in [9.17, 15) is 5.26 Å². The summed E-state index contributed by atoms with van der Waals surface area (Å²) in [5, 5.41) is 9.86. The first-order chi connectivity index (χ1) is 8.61. The van der Waals surface area contributed by atoms with Crippen LogP contribution < -0.4 is 0 Å². The van der Waals surface area contributed by atoms with Crippen molar-refractivity contribution in [1.29, 1.82) is 5.26 Å². The molecule has 2 nitrogen and oxygen atoms in total. The number of hydrogen-bond donors (Lipinski definition) is 0. The van der Waals surface area contributed by atoms with Gasteiger partial charge in [0.1, 0.15) is 6.07 Å². The van der Waals surface area contributed by atoms with Crippen molar-refractivity contribution in [2.45, 2.75) is 19.8 Å². The summed E-state index contributed by atoms with van der Waals surface area (Å²) in [6.07, 6.45) is 1.79. The van der Waals surface area contributed by atoms with E-state index in [1.807, 2.05) is 44.2 Å². The third-order valence-corrected chi connectivity index (χ3v) is 2.98. The minimum atomic E-state index is 0.244. The number of rotatable bonds is 2. The van der Waals surface area contributed by atoms with E-state index in [2.05, 4.69) is 11.1 Å². The predicted molar refractivity (Wildman–Crippen MR) is 73.5 cm³/mol. The van der Waals surface area contributed by atoms with Crippen molar-refractivity contribution in [2.75, 3.05) is 0 Å². The summed E-state index contributed by atoms with van der Waals surface area (Å²) in [5.74, 6) is 0.244. The van der Waals surface area contributed by atoms with Gasteiger partial charge in [-0.05, 0) is 29.7 Å². The number of benzene rings is 1. The molecule has 0 aliphatic carbocycles. The molecule has 0 atom stereocenters. The van der Waals surface area contributed by atoms with E-state index in [0.717, 1.165) is 16.8 Å². The SMILES string of the molecule is CC(C)c1ncc(-c2cccc(Cl)c2)cc1C#N. The van der Waals surface area contributed by atoms with Crippen molar-refractivity contribution in [3.8, 4) is 17.2 Å². The second-order valence-electron chi connectivity index (χ2n) is 4.43. The molecule has 0 N–H and O–H groups in total. The fourth-order valence-electron chi connectivity index (χ4n) is 1.85. The fourth-order valence-corrected chi connectivity index (χ4v) is 2.04. The minimum absolute atomic E-state index is 0.244. The molecule has 0 bridgehead atoms. The largest absolute Gasteiger partial charge is 0.259 e. The van der Waals surface area contributed by atoms with E-state index in [1.54, 1.807) is 6.20 Å². The Morgan fingerprint density at radius 2 is 2.00 bits per heavy atom. The number of nitriles is 1. The lowest BCUT2D eigenvalue weighted by atomic mass is 10.0. The van der Waals surface area contributed by atoms with Crippen LogP contribution >= 0.6 is 11.6 Å². The summed E-state index contributed by atoms with van der Waals surface area (Å²) >= 11 is 5.96. The second-order valence-corrected chi connectivity index (χ2v) is 4.87. The van der Waals surface area contributed by atoms with Gasteiger partial charge in [-0.15, -0.1) is 0 Å². The molecule has 0 amide bonds. The Bertz CT molecular complexity index is 612. The van der Waals surface area contributed by atoms with E-state index < -0.39 is 0 Å². The van der Waals surface area contributed by atoms with Gasteiger partial charge < -0.3 is 0 Å². The molecule has 1 aromatic heterocycles. The van der Waals surface area contributed by atoms with Gasteiger partial charge in [0.05, 0.1) is 11.3 Å². The molecular formula is C15H13ClN2. The quantitative estimate of drug-likeness (QED) is 0.799. The number of pyridine rings is 1. The van der Waals surface area contributed by atoms with Crippen molar-refractivity contribution < 1.29 is 0 Å². The Morgan fingerprint density at radius 3 is 2.61 bits per heavy atom. The standard InChI is InChI=1S/C15H13ClN2/c1-10(2)15-12(8-17)6-13(9-18-15)11-4-3-5-14(16)7-11/h3-7,9-10H,1-2H3. The topological polar surface area (TPSA) is 36.7 Å². The van der Waals surface area contributed by atoms with Crippen LogP contribution in [0.5, 0.6) is 0 Å². The van der Waals surface area contributed by atoms with Crippen LogP contribution in [0.25, 0.3) is 11.1 Å². The highest BCUT2D eigenvalue weighted by Gasteiger charge is 2.10. The Kier molecular flexibility index (Phi) is 3.64. The monoisotopic (exact) mass is 256 g/mol. The van der Waals surface area contributed by atoms with Crippen LogP contribution in [-0.2, 0) is 0 Å². The van der Waals surface area contributed by atoms with Crippen LogP contribution in [0.15, 0.2) is 36.5 Å². The molecule has 1 heterocycles. The molecule has 1 aromatic carbocycles. The summed E-state index contributed by atoms with van der Waals surface area (Å²) in [7, 11) is 0. The van der Waals surface area contributed by atoms with Crippen LogP contribution in [0.4, 0.5) is 0 Å². The van der Waals surface area contributed by atoms with Crippen LogP contribution in [0, 0.1) is 11.3 Å². The molecule has 0 radical (unpaired) electrons. The predicted octanol–water partition coefficient (Wildman–Crippen LogP) is 4.40. The molecule has 0 fully saturated rings. The first kappa shape index (κ1) is 12.6. The highest BCUT2D eigenvalue weighted by atomic mass is 35.5. The van der Waals surface area contributed by atoms with Crippen molar-refractivity contribution >= 4 is 11.6 Å². The van der Waals surface area contributed by atoms with Gasteiger partial charge >= 0.3 is 0 Å². The third-order valence-electron chi connectivity index (χ3n) is 2.74. The average Bonchev–Trinajstić information content (AvgIpc) is 2.37. The zero-order valence-corrected chi connectivity index (χ0v) is 11.1. The van der Waals surface area contributed by atoms with E-state index in [-0.39, 0.29) is 5.92 Å². The molecule has 2 aromatic rings. The summed E-state index contributed by atoms with van der Waals surface area (Å²) in [4.78, 5) is 4.39. The van der Waals surface area contributed by atoms with Gasteiger partial charge in [-0.25, -0.2) is 0 Å². The average molecular weight is 257 g/mol. The minimum Gasteiger partial charge on any atom is -0.259 e.